The molecule has 1 aliphatic rings. The average molecular weight is 265 g/mol. The Kier molecular flexibility index (Phi) is 7.05. The second-order valence-electron chi connectivity index (χ2n) is 5.11. The lowest BCUT2D eigenvalue weighted by atomic mass is 9.96. The van der Waals surface area contributed by atoms with Gasteiger partial charge in [0.05, 0.1) is 18.2 Å². The Hall–Kier alpha value is -0.320. The molecular weight excluding hydrogens is 240 g/mol. The highest BCUT2D eigenvalue weighted by Gasteiger charge is 2.41. The van der Waals surface area contributed by atoms with E-state index in [1.165, 1.54) is 12.8 Å². The van der Waals surface area contributed by atoms with Crippen LogP contribution in [0.1, 0.15) is 40.0 Å². The lowest BCUT2D eigenvalue weighted by molar-refractivity contribution is -0.124. The first-order valence-electron chi connectivity index (χ1n) is 6.10. The zero-order chi connectivity index (χ0) is 12.2. The standard InChI is InChI=1S/C12H24N2O2.ClH/c1-9(2)16-7-6-11(15)14-12(3,8-13)10-4-5-10;/h9-10H,4-8,13H2,1-3H3,(H,14,15);1H. The molecule has 0 heterocycles. The molecule has 0 aromatic heterocycles. The van der Waals surface area contributed by atoms with Crippen LogP contribution in [0, 0.1) is 5.92 Å². The Balaban J connectivity index is 0.00000256. The molecule has 0 bridgehead atoms. The highest BCUT2D eigenvalue weighted by molar-refractivity contribution is 5.85. The van der Waals surface area contributed by atoms with E-state index in [4.69, 9.17) is 10.5 Å². The fourth-order valence-electron chi connectivity index (χ4n) is 1.81. The van der Waals surface area contributed by atoms with Crippen LogP contribution >= 0.6 is 12.4 Å². The molecule has 1 amide bonds. The maximum absolute atomic E-state index is 11.7. The van der Waals surface area contributed by atoms with E-state index in [0.29, 0.717) is 25.5 Å². The van der Waals surface area contributed by atoms with Crippen LogP contribution in [0.5, 0.6) is 0 Å². The lowest BCUT2D eigenvalue weighted by Gasteiger charge is -2.29. The highest BCUT2D eigenvalue weighted by Crippen LogP contribution is 2.38. The Labute approximate surface area is 110 Å². The predicted molar refractivity (Wildman–Crippen MR) is 71.3 cm³/mol. The van der Waals surface area contributed by atoms with E-state index >= 15 is 0 Å². The van der Waals surface area contributed by atoms with Crippen molar-refractivity contribution in [3.63, 3.8) is 0 Å². The molecule has 3 N–H and O–H groups in total. The highest BCUT2D eigenvalue weighted by atomic mass is 35.5. The summed E-state index contributed by atoms with van der Waals surface area (Å²) in [4.78, 5) is 11.7. The van der Waals surface area contributed by atoms with Crippen LogP contribution in [0.4, 0.5) is 0 Å². The Bertz CT molecular complexity index is 245. The SMILES string of the molecule is CC(C)OCCC(=O)NC(C)(CN)C1CC1.Cl. The lowest BCUT2D eigenvalue weighted by Crippen LogP contribution is -2.53. The molecule has 0 aromatic rings. The van der Waals surface area contributed by atoms with Crippen molar-refractivity contribution in [3.05, 3.63) is 0 Å². The van der Waals surface area contributed by atoms with Gasteiger partial charge in [0.1, 0.15) is 0 Å². The second-order valence-corrected chi connectivity index (χ2v) is 5.11. The van der Waals surface area contributed by atoms with Crippen LogP contribution in [0.15, 0.2) is 0 Å². The topological polar surface area (TPSA) is 64.3 Å². The fourth-order valence-corrected chi connectivity index (χ4v) is 1.81. The Morgan fingerprint density at radius 3 is 2.53 bits per heavy atom. The Morgan fingerprint density at radius 1 is 1.53 bits per heavy atom. The van der Waals surface area contributed by atoms with Crippen LogP contribution in [0.25, 0.3) is 0 Å². The number of nitrogens with two attached hydrogens (primary N) is 1. The summed E-state index contributed by atoms with van der Waals surface area (Å²) in [5, 5.41) is 3.03. The third-order valence-corrected chi connectivity index (χ3v) is 3.11. The largest absolute Gasteiger partial charge is 0.378 e. The number of carbonyl (C=O) groups excluding carboxylic acids is 1. The van der Waals surface area contributed by atoms with E-state index < -0.39 is 0 Å². The second kappa shape index (κ2) is 7.19. The van der Waals surface area contributed by atoms with E-state index in [0.717, 1.165) is 0 Å². The van der Waals surface area contributed by atoms with Gasteiger partial charge in [0.2, 0.25) is 5.91 Å². The van der Waals surface area contributed by atoms with Crippen LogP contribution in [-0.2, 0) is 9.53 Å². The number of ether oxygens (including phenoxy) is 1. The maximum Gasteiger partial charge on any atom is 0.222 e. The zero-order valence-corrected chi connectivity index (χ0v) is 11.8. The van der Waals surface area contributed by atoms with Gasteiger partial charge in [0, 0.05) is 13.0 Å². The average Bonchev–Trinajstić information content (AvgIpc) is 3.00. The van der Waals surface area contributed by atoms with E-state index in [2.05, 4.69) is 5.32 Å². The van der Waals surface area contributed by atoms with Crippen LogP contribution in [0.3, 0.4) is 0 Å². The molecule has 0 radical (unpaired) electrons. The van der Waals surface area contributed by atoms with Crippen LogP contribution in [-0.4, -0.2) is 30.7 Å². The molecule has 17 heavy (non-hydrogen) atoms. The van der Waals surface area contributed by atoms with Crippen molar-refractivity contribution >= 4 is 18.3 Å². The summed E-state index contributed by atoms with van der Waals surface area (Å²) >= 11 is 0. The molecule has 1 aliphatic carbocycles. The predicted octanol–water partition coefficient (Wildman–Crippen LogP) is 1.47. The van der Waals surface area contributed by atoms with Crippen molar-refractivity contribution in [2.24, 2.45) is 11.7 Å². The molecule has 4 nitrogen and oxygen atoms in total. The molecule has 5 heteroatoms. The molecule has 1 saturated carbocycles. The minimum Gasteiger partial charge on any atom is -0.378 e. The normalized spacial score (nSPS) is 18.4. The van der Waals surface area contributed by atoms with Gasteiger partial charge < -0.3 is 15.8 Å². The summed E-state index contributed by atoms with van der Waals surface area (Å²) in [6.45, 7) is 6.95. The monoisotopic (exact) mass is 264 g/mol. The summed E-state index contributed by atoms with van der Waals surface area (Å²) in [6, 6.07) is 0. The Morgan fingerprint density at radius 2 is 2.12 bits per heavy atom. The smallest absolute Gasteiger partial charge is 0.222 e. The summed E-state index contributed by atoms with van der Waals surface area (Å²) < 4.78 is 5.34. The van der Waals surface area contributed by atoms with Gasteiger partial charge >= 0.3 is 0 Å². The van der Waals surface area contributed by atoms with Crippen LogP contribution in [0.2, 0.25) is 0 Å². The minimum absolute atomic E-state index is 0. The molecule has 0 aromatic carbocycles. The molecule has 1 unspecified atom stereocenters. The first kappa shape index (κ1) is 16.7. The number of halogens is 1. The van der Waals surface area contributed by atoms with Crippen molar-refractivity contribution in [1.82, 2.24) is 5.32 Å². The molecule has 0 aliphatic heterocycles. The number of hydrogen-bond acceptors (Lipinski definition) is 3. The molecule has 102 valence electrons. The van der Waals surface area contributed by atoms with Crippen molar-refractivity contribution in [1.29, 1.82) is 0 Å². The number of carbonyl (C=O) groups is 1. The van der Waals surface area contributed by atoms with Gasteiger partial charge in [-0.25, -0.2) is 0 Å². The molecular formula is C12H25ClN2O2. The van der Waals surface area contributed by atoms with Gasteiger partial charge in [-0.1, -0.05) is 0 Å². The van der Waals surface area contributed by atoms with E-state index in [-0.39, 0.29) is 30.0 Å². The van der Waals surface area contributed by atoms with Gasteiger partial charge in [-0.15, -0.1) is 12.4 Å². The maximum atomic E-state index is 11.7. The number of amides is 1. The quantitative estimate of drug-likeness (QED) is 0.732. The van der Waals surface area contributed by atoms with E-state index in [9.17, 15) is 4.79 Å². The van der Waals surface area contributed by atoms with Crippen molar-refractivity contribution in [3.8, 4) is 0 Å². The molecule has 1 fully saturated rings. The molecule has 0 saturated heterocycles. The van der Waals surface area contributed by atoms with Gasteiger partial charge in [-0.3, -0.25) is 4.79 Å². The number of nitrogens with one attached hydrogen (secondary N) is 1. The first-order chi connectivity index (χ1) is 7.48. The van der Waals surface area contributed by atoms with Gasteiger partial charge in [-0.05, 0) is 39.5 Å². The number of hydrogen-bond donors (Lipinski definition) is 2. The summed E-state index contributed by atoms with van der Waals surface area (Å²) in [5.74, 6) is 0.605. The van der Waals surface area contributed by atoms with Crippen molar-refractivity contribution in [2.75, 3.05) is 13.2 Å². The van der Waals surface area contributed by atoms with Crippen molar-refractivity contribution < 1.29 is 9.53 Å². The van der Waals surface area contributed by atoms with Gasteiger partial charge in [-0.2, -0.15) is 0 Å². The van der Waals surface area contributed by atoms with Gasteiger partial charge in [0.15, 0.2) is 0 Å². The summed E-state index contributed by atoms with van der Waals surface area (Å²) in [7, 11) is 0. The first-order valence-corrected chi connectivity index (χ1v) is 6.10. The van der Waals surface area contributed by atoms with Crippen molar-refractivity contribution in [2.45, 2.75) is 51.7 Å². The van der Waals surface area contributed by atoms with E-state index in [1.54, 1.807) is 0 Å². The molecule has 1 atom stereocenters. The number of rotatable bonds is 7. The molecule has 0 spiro atoms. The summed E-state index contributed by atoms with van der Waals surface area (Å²) in [6.07, 6.45) is 2.95. The van der Waals surface area contributed by atoms with Gasteiger partial charge in [0.25, 0.3) is 0 Å². The third-order valence-electron chi connectivity index (χ3n) is 3.11. The van der Waals surface area contributed by atoms with Crippen LogP contribution < -0.4 is 11.1 Å². The minimum atomic E-state index is -0.213. The fraction of sp³-hybridized carbons (Fsp3) is 0.917. The zero-order valence-electron chi connectivity index (χ0n) is 11.0. The van der Waals surface area contributed by atoms with E-state index in [1.807, 2.05) is 20.8 Å². The molecule has 1 rings (SSSR count). The third kappa shape index (κ3) is 5.70. The summed E-state index contributed by atoms with van der Waals surface area (Å²) in [5.41, 5.74) is 5.51.